The summed E-state index contributed by atoms with van der Waals surface area (Å²) in [6.07, 6.45) is 5.45. The lowest BCUT2D eigenvalue weighted by molar-refractivity contribution is 0.181. The molecule has 0 aliphatic heterocycles. The minimum atomic E-state index is -0.190. The van der Waals surface area contributed by atoms with E-state index >= 15 is 0 Å². The van der Waals surface area contributed by atoms with Gasteiger partial charge in [-0.15, -0.1) is 0 Å². The van der Waals surface area contributed by atoms with Crippen LogP contribution in [0, 0.1) is 11.8 Å². The van der Waals surface area contributed by atoms with Crippen molar-refractivity contribution in [2.45, 2.75) is 44.8 Å². The second-order valence-corrected chi connectivity index (χ2v) is 4.46. The third-order valence-corrected chi connectivity index (χ3v) is 2.91. The van der Waals surface area contributed by atoms with E-state index in [9.17, 15) is 0 Å². The van der Waals surface area contributed by atoms with Crippen molar-refractivity contribution < 1.29 is 5.11 Å². The molecule has 0 spiro atoms. The largest absolute Gasteiger partial charge is 0.392 e. The molecule has 0 unspecified atom stereocenters. The molecule has 2 N–H and O–H groups in total. The fourth-order valence-electron chi connectivity index (χ4n) is 1.94. The fourth-order valence-corrected chi connectivity index (χ4v) is 1.94. The average Bonchev–Trinajstić information content (AvgIpc) is 2.83. The molecule has 2 rings (SSSR count). The second kappa shape index (κ2) is 3.35. The topological polar surface area (TPSA) is 32.3 Å². The quantitative estimate of drug-likeness (QED) is 0.647. The smallest absolute Gasteiger partial charge is 0.0636 e. The van der Waals surface area contributed by atoms with Crippen LogP contribution in [0.25, 0.3) is 0 Å². The second-order valence-electron chi connectivity index (χ2n) is 4.46. The molecule has 0 aromatic heterocycles. The molecule has 2 aliphatic rings. The molecule has 2 nitrogen and oxygen atoms in total. The summed E-state index contributed by atoms with van der Waals surface area (Å²) in [5, 5.41) is 12.6. The van der Waals surface area contributed by atoms with Crippen LogP contribution in [0.3, 0.4) is 0 Å². The van der Waals surface area contributed by atoms with Gasteiger partial charge in [0, 0.05) is 12.6 Å². The van der Waals surface area contributed by atoms with E-state index in [0.29, 0.717) is 0 Å². The van der Waals surface area contributed by atoms with Gasteiger partial charge in [0.25, 0.3) is 0 Å². The molecule has 0 bridgehead atoms. The molecule has 70 valence electrons. The van der Waals surface area contributed by atoms with Gasteiger partial charge in [0.05, 0.1) is 6.10 Å². The summed E-state index contributed by atoms with van der Waals surface area (Å²) in [6, 6.07) is 0.736. The minimum Gasteiger partial charge on any atom is -0.392 e. The first kappa shape index (κ1) is 8.52. The molecule has 0 amide bonds. The third-order valence-electron chi connectivity index (χ3n) is 2.91. The fraction of sp³-hybridized carbons (Fsp3) is 1.00. The predicted molar refractivity (Wildman–Crippen MR) is 48.9 cm³/mol. The van der Waals surface area contributed by atoms with Crippen molar-refractivity contribution in [1.29, 1.82) is 0 Å². The van der Waals surface area contributed by atoms with Crippen LogP contribution in [0.2, 0.25) is 0 Å². The first-order chi connectivity index (χ1) is 5.77. The Bertz CT molecular complexity index is 138. The highest BCUT2D eigenvalue weighted by Gasteiger charge is 2.40. The maximum atomic E-state index is 9.14. The van der Waals surface area contributed by atoms with Gasteiger partial charge in [0.15, 0.2) is 0 Å². The lowest BCUT2D eigenvalue weighted by atomic mass is 10.1. The maximum absolute atomic E-state index is 9.14. The van der Waals surface area contributed by atoms with Gasteiger partial charge in [-0.3, -0.25) is 0 Å². The van der Waals surface area contributed by atoms with Crippen molar-refractivity contribution in [1.82, 2.24) is 5.32 Å². The number of nitrogens with one attached hydrogen (secondary N) is 1. The van der Waals surface area contributed by atoms with Gasteiger partial charge < -0.3 is 10.4 Å². The van der Waals surface area contributed by atoms with Gasteiger partial charge in [-0.05, 0) is 44.4 Å². The summed E-state index contributed by atoms with van der Waals surface area (Å²) in [5.41, 5.74) is 0. The number of hydrogen-bond donors (Lipinski definition) is 2. The zero-order chi connectivity index (χ0) is 8.55. The van der Waals surface area contributed by atoms with Gasteiger partial charge in [-0.25, -0.2) is 0 Å². The summed E-state index contributed by atoms with van der Waals surface area (Å²) in [6.45, 7) is 2.63. The maximum Gasteiger partial charge on any atom is 0.0636 e. The molecule has 0 aromatic carbocycles. The zero-order valence-corrected chi connectivity index (χ0v) is 7.79. The van der Waals surface area contributed by atoms with Crippen LogP contribution < -0.4 is 5.32 Å². The monoisotopic (exact) mass is 169 g/mol. The Hall–Kier alpha value is -0.0800. The Morgan fingerprint density at radius 2 is 1.75 bits per heavy atom. The van der Waals surface area contributed by atoms with Gasteiger partial charge in [-0.1, -0.05) is 0 Å². The summed E-state index contributed by atoms with van der Waals surface area (Å²) in [4.78, 5) is 0. The number of rotatable bonds is 5. The van der Waals surface area contributed by atoms with E-state index in [-0.39, 0.29) is 6.10 Å². The van der Waals surface area contributed by atoms with E-state index in [1.54, 1.807) is 0 Å². The highest BCUT2D eigenvalue weighted by molar-refractivity contribution is 4.96. The summed E-state index contributed by atoms with van der Waals surface area (Å²) < 4.78 is 0. The van der Waals surface area contributed by atoms with Gasteiger partial charge in [0.2, 0.25) is 0 Å². The van der Waals surface area contributed by atoms with Crippen molar-refractivity contribution in [2.75, 3.05) is 6.54 Å². The standard InChI is InChI=1S/C10H19NO/c1-7(12)6-11-10(8-2-3-8)9-4-5-9/h7-12H,2-6H2,1H3/t7-/m1/s1. The molecule has 2 aliphatic carbocycles. The lowest BCUT2D eigenvalue weighted by Gasteiger charge is -2.18. The van der Waals surface area contributed by atoms with Crippen LogP contribution >= 0.6 is 0 Å². The summed E-state index contributed by atoms with van der Waals surface area (Å²) in [5.74, 6) is 1.88. The molecular weight excluding hydrogens is 150 g/mol. The third kappa shape index (κ3) is 2.20. The highest BCUT2D eigenvalue weighted by Crippen LogP contribution is 2.44. The SMILES string of the molecule is C[C@@H](O)CNC(C1CC1)C1CC1. The first-order valence-electron chi connectivity index (χ1n) is 5.19. The molecule has 12 heavy (non-hydrogen) atoms. The lowest BCUT2D eigenvalue weighted by Crippen LogP contribution is -2.37. The Labute approximate surface area is 74.4 Å². The van der Waals surface area contributed by atoms with Crippen molar-refractivity contribution >= 4 is 0 Å². The van der Waals surface area contributed by atoms with E-state index < -0.39 is 0 Å². The molecule has 2 heteroatoms. The van der Waals surface area contributed by atoms with E-state index in [4.69, 9.17) is 5.11 Å². The molecule has 0 aromatic rings. The Morgan fingerprint density at radius 3 is 2.08 bits per heavy atom. The van der Waals surface area contributed by atoms with Crippen LogP contribution in [0.1, 0.15) is 32.6 Å². The molecule has 1 atom stereocenters. The van der Waals surface area contributed by atoms with Crippen molar-refractivity contribution in [3.63, 3.8) is 0 Å². The van der Waals surface area contributed by atoms with Crippen LogP contribution in [-0.2, 0) is 0 Å². The highest BCUT2D eigenvalue weighted by atomic mass is 16.3. The van der Waals surface area contributed by atoms with Crippen molar-refractivity contribution in [2.24, 2.45) is 11.8 Å². The molecule has 2 fully saturated rings. The Balaban J connectivity index is 1.73. The van der Waals surface area contributed by atoms with Gasteiger partial charge in [-0.2, -0.15) is 0 Å². The number of hydrogen-bond acceptors (Lipinski definition) is 2. The molecular formula is C10H19NO. The normalized spacial score (nSPS) is 26.2. The van der Waals surface area contributed by atoms with Crippen molar-refractivity contribution in [3.05, 3.63) is 0 Å². The van der Waals surface area contributed by atoms with E-state index in [0.717, 1.165) is 24.4 Å². The van der Waals surface area contributed by atoms with Gasteiger partial charge in [0.1, 0.15) is 0 Å². The molecule has 0 radical (unpaired) electrons. The molecule has 0 saturated heterocycles. The molecule has 2 saturated carbocycles. The van der Waals surface area contributed by atoms with Crippen LogP contribution in [0.5, 0.6) is 0 Å². The summed E-state index contributed by atoms with van der Waals surface area (Å²) in [7, 11) is 0. The summed E-state index contributed by atoms with van der Waals surface area (Å²) >= 11 is 0. The Morgan fingerprint density at radius 1 is 1.25 bits per heavy atom. The van der Waals surface area contributed by atoms with Crippen LogP contribution in [-0.4, -0.2) is 23.8 Å². The number of aliphatic hydroxyl groups is 1. The first-order valence-corrected chi connectivity index (χ1v) is 5.19. The van der Waals surface area contributed by atoms with E-state index in [1.807, 2.05) is 6.92 Å². The van der Waals surface area contributed by atoms with Crippen LogP contribution in [0.15, 0.2) is 0 Å². The Kier molecular flexibility index (Phi) is 2.37. The van der Waals surface area contributed by atoms with Crippen LogP contribution in [0.4, 0.5) is 0 Å². The van der Waals surface area contributed by atoms with E-state index in [2.05, 4.69) is 5.32 Å². The minimum absolute atomic E-state index is 0.190. The van der Waals surface area contributed by atoms with Crippen molar-refractivity contribution in [3.8, 4) is 0 Å². The van der Waals surface area contributed by atoms with Gasteiger partial charge >= 0.3 is 0 Å². The predicted octanol–water partition coefficient (Wildman–Crippen LogP) is 1.15. The average molecular weight is 169 g/mol. The number of aliphatic hydroxyl groups excluding tert-OH is 1. The molecule has 0 heterocycles. The zero-order valence-electron chi connectivity index (χ0n) is 7.79. The van der Waals surface area contributed by atoms with E-state index in [1.165, 1.54) is 25.7 Å².